The molecule has 3 heteroatoms. The van der Waals surface area contributed by atoms with Crippen LogP contribution < -0.4 is 0 Å². The lowest BCUT2D eigenvalue weighted by Gasteiger charge is -2.02. The van der Waals surface area contributed by atoms with Gasteiger partial charge < -0.3 is 0 Å². The summed E-state index contributed by atoms with van der Waals surface area (Å²) in [4.78, 5) is 0. The van der Waals surface area contributed by atoms with Gasteiger partial charge in [0.2, 0.25) is 0 Å². The molecule has 1 aliphatic carbocycles. The first-order valence-corrected chi connectivity index (χ1v) is 3.06. The molecule has 0 spiro atoms. The van der Waals surface area contributed by atoms with Crippen LogP contribution in [0.2, 0.25) is 0 Å². The van der Waals surface area contributed by atoms with E-state index in [4.69, 9.17) is 0 Å². The zero-order valence-electron chi connectivity index (χ0n) is 5.20. The molecule has 0 saturated heterocycles. The normalized spacial score (nSPS) is 34.7. The van der Waals surface area contributed by atoms with Crippen LogP contribution in [-0.2, 0) is 0 Å². The lowest BCUT2D eigenvalue weighted by molar-refractivity contribution is -0.138. The van der Waals surface area contributed by atoms with Gasteiger partial charge in [0.05, 0.1) is 0 Å². The van der Waals surface area contributed by atoms with Crippen molar-refractivity contribution in [1.82, 2.24) is 0 Å². The standard InChI is InChI=1S/C6H9F3/c1-4-2-5(4)3-6(7,8)9/h4-5H,2-3H2,1H3/t4-,5-/m0/s1. The van der Waals surface area contributed by atoms with Crippen molar-refractivity contribution in [3.05, 3.63) is 0 Å². The van der Waals surface area contributed by atoms with Crippen LogP contribution in [0, 0.1) is 11.8 Å². The third kappa shape index (κ3) is 2.24. The number of alkyl halides is 3. The zero-order chi connectivity index (χ0) is 7.07. The van der Waals surface area contributed by atoms with Gasteiger partial charge >= 0.3 is 6.18 Å². The van der Waals surface area contributed by atoms with Crippen LogP contribution in [0.25, 0.3) is 0 Å². The molecule has 2 atom stereocenters. The monoisotopic (exact) mass is 138 g/mol. The van der Waals surface area contributed by atoms with Crippen LogP contribution in [0.4, 0.5) is 13.2 Å². The second-order valence-corrected chi connectivity index (χ2v) is 2.79. The van der Waals surface area contributed by atoms with Gasteiger partial charge in [0.25, 0.3) is 0 Å². The summed E-state index contributed by atoms with van der Waals surface area (Å²) in [6.45, 7) is 1.86. The predicted octanol–water partition coefficient (Wildman–Crippen LogP) is 2.59. The molecule has 0 unspecified atom stereocenters. The van der Waals surface area contributed by atoms with E-state index in [9.17, 15) is 13.2 Å². The molecule has 0 heterocycles. The van der Waals surface area contributed by atoms with Gasteiger partial charge in [0.1, 0.15) is 0 Å². The summed E-state index contributed by atoms with van der Waals surface area (Å²) in [5.41, 5.74) is 0. The van der Waals surface area contributed by atoms with Crippen molar-refractivity contribution >= 4 is 0 Å². The minimum Gasteiger partial charge on any atom is -0.171 e. The maximum atomic E-state index is 11.5. The maximum Gasteiger partial charge on any atom is 0.389 e. The van der Waals surface area contributed by atoms with Gasteiger partial charge in [-0.05, 0) is 18.3 Å². The Kier molecular flexibility index (Phi) is 1.45. The molecule has 0 aliphatic heterocycles. The van der Waals surface area contributed by atoms with E-state index >= 15 is 0 Å². The Bertz CT molecular complexity index is 105. The molecule has 0 radical (unpaired) electrons. The number of hydrogen-bond acceptors (Lipinski definition) is 0. The molecule has 0 nitrogen and oxygen atoms in total. The van der Waals surface area contributed by atoms with Gasteiger partial charge in [-0.3, -0.25) is 0 Å². The predicted molar refractivity (Wildman–Crippen MR) is 27.9 cm³/mol. The summed E-state index contributed by atoms with van der Waals surface area (Å²) >= 11 is 0. The average Bonchev–Trinajstić information content (AvgIpc) is 2.13. The van der Waals surface area contributed by atoms with Crippen LogP contribution in [0.5, 0.6) is 0 Å². The minimum absolute atomic E-state index is 0.0648. The largest absolute Gasteiger partial charge is 0.389 e. The van der Waals surface area contributed by atoms with Crippen LogP contribution in [0.1, 0.15) is 19.8 Å². The second-order valence-electron chi connectivity index (χ2n) is 2.79. The molecule has 0 bridgehead atoms. The van der Waals surface area contributed by atoms with Crippen LogP contribution in [-0.4, -0.2) is 6.18 Å². The van der Waals surface area contributed by atoms with Crippen molar-refractivity contribution in [1.29, 1.82) is 0 Å². The van der Waals surface area contributed by atoms with E-state index in [-0.39, 0.29) is 5.92 Å². The summed E-state index contributed by atoms with van der Waals surface area (Å²) in [6, 6.07) is 0. The number of rotatable bonds is 1. The smallest absolute Gasteiger partial charge is 0.171 e. The molecule has 0 N–H and O–H groups in total. The van der Waals surface area contributed by atoms with Crippen molar-refractivity contribution < 1.29 is 13.2 Å². The highest BCUT2D eigenvalue weighted by atomic mass is 19.4. The summed E-state index contributed by atoms with van der Waals surface area (Å²) in [7, 11) is 0. The fraction of sp³-hybridized carbons (Fsp3) is 1.00. The van der Waals surface area contributed by atoms with E-state index in [2.05, 4.69) is 0 Å². The molecule has 1 aliphatic rings. The van der Waals surface area contributed by atoms with Gasteiger partial charge in [-0.2, -0.15) is 13.2 Å². The Hall–Kier alpha value is -0.210. The molecular formula is C6H9F3. The van der Waals surface area contributed by atoms with Crippen molar-refractivity contribution in [2.45, 2.75) is 25.9 Å². The fourth-order valence-corrected chi connectivity index (χ4v) is 0.981. The second kappa shape index (κ2) is 1.89. The van der Waals surface area contributed by atoms with E-state index < -0.39 is 12.6 Å². The Balaban J connectivity index is 2.19. The van der Waals surface area contributed by atoms with Gasteiger partial charge in [0, 0.05) is 6.42 Å². The molecule has 0 aromatic carbocycles. The van der Waals surface area contributed by atoms with E-state index in [1.165, 1.54) is 0 Å². The summed E-state index contributed by atoms with van der Waals surface area (Å²) in [6.07, 6.45) is -3.75. The highest BCUT2D eigenvalue weighted by molar-refractivity contribution is 4.83. The van der Waals surface area contributed by atoms with Crippen molar-refractivity contribution in [2.24, 2.45) is 11.8 Å². The highest BCUT2D eigenvalue weighted by Crippen LogP contribution is 2.45. The Morgan fingerprint density at radius 2 is 1.89 bits per heavy atom. The first-order valence-electron chi connectivity index (χ1n) is 3.06. The summed E-state index contributed by atoms with van der Waals surface area (Å²) < 4.78 is 34.6. The molecule has 54 valence electrons. The van der Waals surface area contributed by atoms with Crippen molar-refractivity contribution in [3.63, 3.8) is 0 Å². The van der Waals surface area contributed by atoms with Gasteiger partial charge in [0.15, 0.2) is 0 Å². The van der Waals surface area contributed by atoms with Gasteiger partial charge in [-0.1, -0.05) is 6.92 Å². The maximum absolute atomic E-state index is 11.5. The Morgan fingerprint density at radius 1 is 1.44 bits per heavy atom. The molecule has 1 saturated carbocycles. The van der Waals surface area contributed by atoms with E-state index in [0.29, 0.717) is 5.92 Å². The molecule has 0 aromatic heterocycles. The third-order valence-corrected chi connectivity index (χ3v) is 1.77. The van der Waals surface area contributed by atoms with Crippen LogP contribution >= 0.6 is 0 Å². The van der Waals surface area contributed by atoms with Gasteiger partial charge in [-0.25, -0.2) is 0 Å². The van der Waals surface area contributed by atoms with Crippen LogP contribution in [0.3, 0.4) is 0 Å². The fourth-order valence-electron chi connectivity index (χ4n) is 0.981. The molecule has 1 rings (SSSR count). The van der Waals surface area contributed by atoms with Crippen molar-refractivity contribution in [2.75, 3.05) is 0 Å². The zero-order valence-corrected chi connectivity index (χ0v) is 5.20. The van der Waals surface area contributed by atoms with E-state index in [1.807, 2.05) is 6.92 Å². The Labute approximate surface area is 52.1 Å². The van der Waals surface area contributed by atoms with E-state index in [1.54, 1.807) is 0 Å². The summed E-state index contributed by atoms with van der Waals surface area (Å²) in [5, 5.41) is 0. The number of halogens is 3. The lowest BCUT2D eigenvalue weighted by Crippen LogP contribution is -2.08. The quantitative estimate of drug-likeness (QED) is 0.522. The summed E-state index contributed by atoms with van der Waals surface area (Å²) in [5.74, 6) is 0.247. The Morgan fingerprint density at radius 3 is 2.00 bits per heavy atom. The molecule has 9 heavy (non-hydrogen) atoms. The SMILES string of the molecule is C[C@H]1C[C@H]1CC(F)(F)F. The molecule has 0 amide bonds. The number of hydrogen-bond donors (Lipinski definition) is 0. The van der Waals surface area contributed by atoms with Crippen LogP contribution in [0.15, 0.2) is 0 Å². The molecule has 1 fully saturated rings. The lowest BCUT2D eigenvalue weighted by atomic mass is 10.2. The molecule has 0 aromatic rings. The van der Waals surface area contributed by atoms with Gasteiger partial charge in [-0.15, -0.1) is 0 Å². The first kappa shape index (κ1) is 6.90. The average molecular weight is 138 g/mol. The first-order chi connectivity index (χ1) is 3.99. The topological polar surface area (TPSA) is 0 Å². The van der Waals surface area contributed by atoms with Crippen molar-refractivity contribution in [3.8, 4) is 0 Å². The minimum atomic E-state index is -3.94. The molecular weight excluding hydrogens is 129 g/mol. The highest BCUT2D eigenvalue weighted by Gasteiger charge is 2.42. The van der Waals surface area contributed by atoms with E-state index in [0.717, 1.165) is 6.42 Å². The third-order valence-electron chi connectivity index (χ3n) is 1.77.